The maximum Gasteiger partial charge on any atom is 0.0746 e. The molecule has 1 aliphatic carbocycles. The van der Waals surface area contributed by atoms with E-state index in [0.29, 0.717) is 25.0 Å². The predicted octanol–water partition coefficient (Wildman–Crippen LogP) is 1.79. The van der Waals surface area contributed by atoms with Gasteiger partial charge in [-0.2, -0.15) is 0 Å². The van der Waals surface area contributed by atoms with Crippen LogP contribution in [0, 0.1) is 17.8 Å². The van der Waals surface area contributed by atoms with Crippen LogP contribution in [-0.2, 0) is 11.3 Å². The topological polar surface area (TPSA) is 55.5 Å². The minimum Gasteiger partial charge on any atom is -0.391 e. The van der Waals surface area contributed by atoms with Crippen molar-refractivity contribution in [1.29, 1.82) is 0 Å². The van der Waals surface area contributed by atoms with Crippen molar-refractivity contribution in [3.8, 4) is 0 Å². The maximum absolute atomic E-state index is 10.1. The zero-order chi connectivity index (χ0) is 13.1. The Kier molecular flexibility index (Phi) is 4.38. The van der Waals surface area contributed by atoms with E-state index in [1.54, 1.807) is 0 Å². The van der Waals surface area contributed by atoms with E-state index in [1.807, 2.05) is 30.3 Å². The third-order valence-corrected chi connectivity index (χ3v) is 4.37. The average molecular weight is 249 g/mol. The van der Waals surface area contributed by atoms with Crippen LogP contribution < -0.4 is 5.73 Å². The van der Waals surface area contributed by atoms with Crippen LogP contribution in [0.1, 0.15) is 19.4 Å². The summed E-state index contributed by atoms with van der Waals surface area (Å²) in [6.07, 6.45) is -0.439. The third-order valence-electron chi connectivity index (χ3n) is 4.37. The van der Waals surface area contributed by atoms with Crippen molar-refractivity contribution in [2.45, 2.75) is 32.6 Å². The minimum atomic E-state index is -0.439. The monoisotopic (exact) mass is 249 g/mol. The third kappa shape index (κ3) is 2.74. The first-order chi connectivity index (χ1) is 8.61. The van der Waals surface area contributed by atoms with Gasteiger partial charge in [0.1, 0.15) is 0 Å². The summed E-state index contributed by atoms with van der Waals surface area (Å²) in [5, 5.41) is 10.1. The quantitative estimate of drug-likeness (QED) is 0.855. The van der Waals surface area contributed by atoms with E-state index >= 15 is 0 Å². The lowest BCUT2D eigenvalue weighted by molar-refractivity contribution is 0.0200. The van der Waals surface area contributed by atoms with Crippen LogP contribution in [0.15, 0.2) is 30.3 Å². The number of rotatable bonds is 4. The van der Waals surface area contributed by atoms with Crippen molar-refractivity contribution < 1.29 is 9.84 Å². The molecule has 0 radical (unpaired) electrons. The second kappa shape index (κ2) is 5.83. The molecular weight excluding hydrogens is 226 g/mol. The molecule has 0 aromatic heterocycles. The summed E-state index contributed by atoms with van der Waals surface area (Å²) in [6.45, 7) is 5.43. The highest BCUT2D eigenvalue weighted by Gasteiger charge is 2.43. The molecule has 0 amide bonds. The van der Waals surface area contributed by atoms with Gasteiger partial charge in [-0.3, -0.25) is 0 Å². The lowest BCUT2D eigenvalue weighted by Crippen LogP contribution is -2.36. The Hall–Kier alpha value is -0.900. The molecule has 3 nitrogen and oxygen atoms in total. The first-order valence-electron chi connectivity index (χ1n) is 6.66. The molecule has 0 aliphatic heterocycles. The van der Waals surface area contributed by atoms with Crippen LogP contribution in [0.2, 0.25) is 0 Å². The van der Waals surface area contributed by atoms with Gasteiger partial charge in [-0.25, -0.2) is 0 Å². The number of aliphatic hydroxyl groups is 1. The van der Waals surface area contributed by atoms with Gasteiger partial charge >= 0.3 is 0 Å². The van der Waals surface area contributed by atoms with Crippen LogP contribution in [0.5, 0.6) is 0 Å². The Balaban J connectivity index is 1.84. The largest absolute Gasteiger partial charge is 0.391 e. The fourth-order valence-electron chi connectivity index (χ4n) is 2.79. The SMILES string of the molecule is C[C@H]1[C@H](C)[C@@H](COCc2ccccc2)[C@H](O)[C@@H]1N. The molecule has 5 atom stereocenters. The summed E-state index contributed by atoms with van der Waals surface area (Å²) >= 11 is 0. The number of hydrogen-bond donors (Lipinski definition) is 2. The summed E-state index contributed by atoms with van der Waals surface area (Å²) in [6, 6.07) is 9.97. The fraction of sp³-hybridized carbons (Fsp3) is 0.600. The van der Waals surface area contributed by atoms with Gasteiger partial charge in [0.25, 0.3) is 0 Å². The molecule has 0 saturated heterocycles. The van der Waals surface area contributed by atoms with Gasteiger partial charge in [-0.05, 0) is 17.4 Å². The Morgan fingerprint density at radius 1 is 1.17 bits per heavy atom. The highest BCUT2D eigenvalue weighted by Crippen LogP contribution is 2.36. The summed E-state index contributed by atoms with van der Waals surface area (Å²) in [4.78, 5) is 0. The standard InChI is InChI=1S/C15H23NO2/c1-10-11(2)14(16)15(17)13(10)9-18-8-12-6-4-3-5-7-12/h3-7,10-11,13-15,17H,8-9,16H2,1-2H3/t10-,11-,13+,14+,15-/m0/s1. The van der Waals surface area contributed by atoms with E-state index < -0.39 is 6.10 Å². The second-order valence-electron chi connectivity index (χ2n) is 5.45. The van der Waals surface area contributed by atoms with Gasteiger partial charge in [-0.1, -0.05) is 44.2 Å². The second-order valence-corrected chi connectivity index (χ2v) is 5.45. The molecule has 0 heterocycles. The Labute approximate surface area is 109 Å². The van der Waals surface area contributed by atoms with E-state index in [0.717, 1.165) is 5.56 Å². The van der Waals surface area contributed by atoms with E-state index in [2.05, 4.69) is 13.8 Å². The van der Waals surface area contributed by atoms with Gasteiger partial charge in [-0.15, -0.1) is 0 Å². The summed E-state index contributed by atoms with van der Waals surface area (Å²) in [5.74, 6) is 0.912. The molecule has 3 N–H and O–H groups in total. The van der Waals surface area contributed by atoms with Crippen LogP contribution in [0.3, 0.4) is 0 Å². The van der Waals surface area contributed by atoms with Gasteiger partial charge in [0.15, 0.2) is 0 Å². The van der Waals surface area contributed by atoms with Crippen molar-refractivity contribution >= 4 is 0 Å². The number of benzene rings is 1. The Morgan fingerprint density at radius 3 is 2.39 bits per heavy atom. The van der Waals surface area contributed by atoms with E-state index in [1.165, 1.54) is 0 Å². The molecule has 1 aromatic rings. The molecule has 0 spiro atoms. The summed E-state index contributed by atoms with van der Waals surface area (Å²) < 4.78 is 5.73. The molecule has 1 fully saturated rings. The summed E-state index contributed by atoms with van der Waals surface area (Å²) in [7, 11) is 0. The van der Waals surface area contributed by atoms with Crippen molar-refractivity contribution in [1.82, 2.24) is 0 Å². The number of hydrogen-bond acceptors (Lipinski definition) is 3. The van der Waals surface area contributed by atoms with Gasteiger partial charge in [0.05, 0.1) is 19.3 Å². The van der Waals surface area contributed by atoms with Crippen LogP contribution in [0.4, 0.5) is 0 Å². The van der Waals surface area contributed by atoms with Crippen molar-refractivity contribution in [3.05, 3.63) is 35.9 Å². The number of aliphatic hydroxyl groups excluding tert-OH is 1. The lowest BCUT2D eigenvalue weighted by atomic mass is 9.92. The average Bonchev–Trinajstić information content (AvgIpc) is 2.57. The van der Waals surface area contributed by atoms with E-state index in [9.17, 15) is 5.11 Å². The zero-order valence-corrected chi connectivity index (χ0v) is 11.1. The van der Waals surface area contributed by atoms with E-state index in [4.69, 9.17) is 10.5 Å². The fourth-order valence-corrected chi connectivity index (χ4v) is 2.79. The Bertz CT molecular complexity index is 354. The van der Waals surface area contributed by atoms with Crippen LogP contribution in [0.25, 0.3) is 0 Å². The Morgan fingerprint density at radius 2 is 1.83 bits per heavy atom. The highest BCUT2D eigenvalue weighted by atomic mass is 16.5. The van der Waals surface area contributed by atoms with Crippen molar-refractivity contribution in [2.24, 2.45) is 23.5 Å². The smallest absolute Gasteiger partial charge is 0.0746 e. The van der Waals surface area contributed by atoms with Crippen molar-refractivity contribution in [2.75, 3.05) is 6.61 Å². The predicted molar refractivity (Wildman–Crippen MR) is 71.9 cm³/mol. The minimum absolute atomic E-state index is 0.120. The van der Waals surface area contributed by atoms with Gasteiger partial charge in [0, 0.05) is 12.0 Å². The molecule has 1 aromatic carbocycles. The number of nitrogens with two attached hydrogens (primary N) is 1. The first-order valence-corrected chi connectivity index (χ1v) is 6.66. The van der Waals surface area contributed by atoms with Crippen LogP contribution >= 0.6 is 0 Å². The molecule has 18 heavy (non-hydrogen) atoms. The molecular formula is C15H23NO2. The normalized spacial score (nSPS) is 35.9. The maximum atomic E-state index is 10.1. The molecule has 100 valence electrons. The van der Waals surface area contributed by atoms with Gasteiger partial charge in [0.2, 0.25) is 0 Å². The molecule has 1 aliphatic rings. The summed E-state index contributed by atoms with van der Waals surface area (Å²) in [5.41, 5.74) is 7.14. The molecule has 0 unspecified atom stereocenters. The molecule has 0 bridgehead atoms. The van der Waals surface area contributed by atoms with Crippen molar-refractivity contribution in [3.63, 3.8) is 0 Å². The van der Waals surface area contributed by atoms with E-state index in [-0.39, 0.29) is 12.0 Å². The molecule has 2 rings (SSSR count). The molecule has 1 saturated carbocycles. The van der Waals surface area contributed by atoms with Gasteiger partial charge < -0.3 is 15.6 Å². The first kappa shape index (κ1) is 13.5. The number of ether oxygens (including phenoxy) is 1. The highest BCUT2D eigenvalue weighted by molar-refractivity contribution is 5.13. The lowest BCUT2D eigenvalue weighted by Gasteiger charge is -2.20. The molecule has 3 heteroatoms. The zero-order valence-electron chi connectivity index (χ0n) is 11.1. The van der Waals surface area contributed by atoms with Crippen LogP contribution in [-0.4, -0.2) is 23.9 Å².